The first-order chi connectivity index (χ1) is 11.2. The molecule has 1 fully saturated rings. The Labute approximate surface area is 161 Å². The Kier molecular flexibility index (Phi) is 6.89. The Balaban J connectivity index is 0.00000208. The number of aliphatic imine (C=N–C) groups is 1. The summed E-state index contributed by atoms with van der Waals surface area (Å²) in [7, 11) is 0. The molecule has 0 saturated heterocycles. The van der Waals surface area contributed by atoms with Gasteiger partial charge in [-0.2, -0.15) is 0 Å². The lowest BCUT2D eigenvalue weighted by atomic mass is 10.00. The van der Waals surface area contributed by atoms with E-state index >= 15 is 0 Å². The Morgan fingerprint density at radius 3 is 2.71 bits per heavy atom. The molecule has 0 bridgehead atoms. The minimum atomic E-state index is 0. The number of benzene rings is 1. The van der Waals surface area contributed by atoms with Gasteiger partial charge in [-0.3, -0.25) is 4.79 Å². The van der Waals surface area contributed by atoms with Gasteiger partial charge in [0.1, 0.15) is 6.54 Å². The molecule has 1 saturated carbocycles. The largest absolute Gasteiger partial charge is 0.357 e. The molecule has 0 aromatic heterocycles. The Hall–Kier alpha value is -1.31. The number of hydrogen-bond acceptors (Lipinski definition) is 2. The van der Waals surface area contributed by atoms with Gasteiger partial charge in [0, 0.05) is 25.7 Å². The molecule has 2 N–H and O–H groups in total. The molecule has 0 spiro atoms. The van der Waals surface area contributed by atoms with Crippen LogP contribution in [0.4, 0.5) is 0 Å². The third kappa shape index (κ3) is 4.84. The maximum atomic E-state index is 12.4. The molecule has 1 amide bonds. The summed E-state index contributed by atoms with van der Waals surface area (Å²) in [5.74, 6) is 1.56. The summed E-state index contributed by atoms with van der Waals surface area (Å²) in [6.45, 7) is 6.76. The van der Waals surface area contributed by atoms with Crippen LogP contribution in [0.5, 0.6) is 0 Å². The minimum absolute atomic E-state index is 0. The van der Waals surface area contributed by atoms with Gasteiger partial charge in [-0.25, -0.2) is 4.99 Å². The van der Waals surface area contributed by atoms with E-state index in [4.69, 9.17) is 0 Å². The average molecular weight is 442 g/mol. The van der Waals surface area contributed by atoms with Gasteiger partial charge < -0.3 is 15.5 Å². The van der Waals surface area contributed by atoms with Crippen LogP contribution in [-0.4, -0.2) is 42.4 Å². The first-order valence-corrected chi connectivity index (χ1v) is 8.56. The standard InChI is InChI=1S/C18H26N4O.HI/c1-3-19-18(21-16-10-13(16)2)20-11-17(23)22-9-8-14-6-4-5-7-15(14)12-22;/h4-7,13,16H,3,8-12H2,1-2H3,(H2,19,20,21);1H. The van der Waals surface area contributed by atoms with E-state index in [1.807, 2.05) is 17.9 Å². The van der Waals surface area contributed by atoms with Crippen LogP contribution in [0.25, 0.3) is 0 Å². The lowest BCUT2D eigenvalue weighted by Crippen LogP contribution is -2.41. The van der Waals surface area contributed by atoms with Crippen LogP contribution < -0.4 is 10.6 Å². The van der Waals surface area contributed by atoms with Crippen molar-refractivity contribution in [3.63, 3.8) is 0 Å². The van der Waals surface area contributed by atoms with Crippen molar-refractivity contribution in [2.75, 3.05) is 19.6 Å². The van der Waals surface area contributed by atoms with Crippen LogP contribution in [0.3, 0.4) is 0 Å². The summed E-state index contributed by atoms with van der Waals surface area (Å²) >= 11 is 0. The van der Waals surface area contributed by atoms with Crippen molar-refractivity contribution in [1.29, 1.82) is 0 Å². The van der Waals surface area contributed by atoms with Gasteiger partial charge in [-0.05, 0) is 36.8 Å². The van der Waals surface area contributed by atoms with Crippen molar-refractivity contribution in [3.05, 3.63) is 35.4 Å². The van der Waals surface area contributed by atoms with E-state index in [1.54, 1.807) is 0 Å². The number of carbonyl (C=O) groups excluding carboxylic acids is 1. The zero-order chi connectivity index (χ0) is 16.2. The molecule has 24 heavy (non-hydrogen) atoms. The van der Waals surface area contributed by atoms with E-state index in [2.05, 4.69) is 40.7 Å². The number of carbonyl (C=O) groups is 1. The van der Waals surface area contributed by atoms with E-state index in [1.165, 1.54) is 17.5 Å². The van der Waals surface area contributed by atoms with Gasteiger partial charge in [-0.1, -0.05) is 31.2 Å². The van der Waals surface area contributed by atoms with E-state index in [0.29, 0.717) is 18.5 Å². The monoisotopic (exact) mass is 442 g/mol. The first kappa shape index (κ1) is 19.0. The van der Waals surface area contributed by atoms with Crippen LogP contribution in [-0.2, 0) is 17.8 Å². The Morgan fingerprint density at radius 1 is 1.33 bits per heavy atom. The van der Waals surface area contributed by atoms with Crippen molar-refractivity contribution in [1.82, 2.24) is 15.5 Å². The van der Waals surface area contributed by atoms with Crippen LogP contribution >= 0.6 is 24.0 Å². The fraction of sp³-hybridized carbons (Fsp3) is 0.556. The van der Waals surface area contributed by atoms with Crippen molar-refractivity contribution in [3.8, 4) is 0 Å². The minimum Gasteiger partial charge on any atom is -0.357 e. The third-order valence-corrected chi connectivity index (χ3v) is 4.63. The summed E-state index contributed by atoms with van der Waals surface area (Å²) in [6.07, 6.45) is 2.12. The Bertz CT molecular complexity index is 604. The maximum Gasteiger partial charge on any atom is 0.244 e. The highest BCUT2D eigenvalue weighted by Crippen LogP contribution is 2.28. The average Bonchev–Trinajstić information content (AvgIpc) is 3.27. The van der Waals surface area contributed by atoms with Gasteiger partial charge >= 0.3 is 0 Å². The maximum absolute atomic E-state index is 12.4. The fourth-order valence-electron chi connectivity index (χ4n) is 2.97. The molecular weight excluding hydrogens is 415 g/mol. The molecule has 1 aliphatic carbocycles. The van der Waals surface area contributed by atoms with Gasteiger partial charge in [0.05, 0.1) is 0 Å². The highest BCUT2D eigenvalue weighted by Gasteiger charge is 2.33. The molecule has 2 aliphatic rings. The summed E-state index contributed by atoms with van der Waals surface area (Å²) in [5.41, 5.74) is 2.62. The SMILES string of the molecule is CCNC(=NCC(=O)N1CCc2ccccc2C1)NC1CC1C.I. The molecule has 132 valence electrons. The van der Waals surface area contributed by atoms with Gasteiger partial charge in [0.25, 0.3) is 0 Å². The number of nitrogens with one attached hydrogen (secondary N) is 2. The molecule has 1 heterocycles. The van der Waals surface area contributed by atoms with Crippen molar-refractivity contribution in [2.24, 2.45) is 10.9 Å². The summed E-state index contributed by atoms with van der Waals surface area (Å²) in [5, 5.41) is 6.60. The summed E-state index contributed by atoms with van der Waals surface area (Å²) in [4.78, 5) is 18.8. The topological polar surface area (TPSA) is 56.7 Å². The number of rotatable bonds is 4. The highest BCUT2D eigenvalue weighted by molar-refractivity contribution is 14.0. The summed E-state index contributed by atoms with van der Waals surface area (Å²) in [6, 6.07) is 8.87. The molecule has 1 aromatic rings. The van der Waals surface area contributed by atoms with Crippen LogP contribution in [0.15, 0.2) is 29.3 Å². The zero-order valence-corrected chi connectivity index (χ0v) is 16.7. The van der Waals surface area contributed by atoms with Gasteiger partial charge in [0.15, 0.2) is 5.96 Å². The van der Waals surface area contributed by atoms with Crippen LogP contribution in [0, 0.1) is 5.92 Å². The number of fused-ring (bicyclic) bond motifs is 1. The molecule has 2 unspecified atom stereocenters. The predicted molar refractivity (Wildman–Crippen MR) is 108 cm³/mol. The number of amides is 1. The molecule has 0 radical (unpaired) electrons. The second kappa shape index (κ2) is 8.69. The molecule has 1 aliphatic heterocycles. The fourth-order valence-corrected chi connectivity index (χ4v) is 2.97. The second-order valence-electron chi connectivity index (χ2n) is 6.49. The number of hydrogen-bond donors (Lipinski definition) is 2. The highest BCUT2D eigenvalue weighted by atomic mass is 127. The normalized spacial score (nSPS) is 22.2. The van der Waals surface area contributed by atoms with Crippen molar-refractivity contribution < 1.29 is 4.79 Å². The molecule has 5 nitrogen and oxygen atoms in total. The van der Waals surface area contributed by atoms with Crippen molar-refractivity contribution in [2.45, 2.75) is 39.3 Å². The third-order valence-electron chi connectivity index (χ3n) is 4.63. The predicted octanol–water partition coefficient (Wildman–Crippen LogP) is 2.15. The second-order valence-corrected chi connectivity index (χ2v) is 6.49. The van der Waals surface area contributed by atoms with Gasteiger partial charge in [-0.15, -0.1) is 24.0 Å². The van der Waals surface area contributed by atoms with E-state index in [-0.39, 0.29) is 36.4 Å². The van der Waals surface area contributed by atoms with Crippen LogP contribution in [0.2, 0.25) is 0 Å². The zero-order valence-electron chi connectivity index (χ0n) is 14.4. The van der Waals surface area contributed by atoms with Gasteiger partial charge in [0.2, 0.25) is 5.91 Å². The first-order valence-electron chi connectivity index (χ1n) is 8.56. The molecule has 3 rings (SSSR count). The number of halogens is 1. The smallest absolute Gasteiger partial charge is 0.244 e. The lowest BCUT2D eigenvalue weighted by molar-refractivity contribution is -0.130. The van der Waals surface area contributed by atoms with E-state index < -0.39 is 0 Å². The quantitative estimate of drug-likeness (QED) is 0.427. The van der Waals surface area contributed by atoms with Crippen molar-refractivity contribution >= 4 is 35.8 Å². The summed E-state index contributed by atoms with van der Waals surface area (Å²) < 4.78 is 0. The lowest BCUT2D eigenvalue weighted by Gasteiger charge is -2.28. The molecular formula is C18H27IN4O. The molecule has 2 atom stereocenters. The number of nitrogens with zero attached hydrogens (tertiary/aromatic N) is 2. The Morgan fingerprint density at radius 2 is 2.04 bits per heavy atom. The molecule has 1 aromatic carbocycles. The van der Waals surface area contributed by atoms with E-state index in [0.717, 1.165) is 25.5 Å². The van der Waals surface area contributed by atoms with Crippen LogP contribution in [0.1, 0.15) is 31.4 Å². The van der Waals surface area contributed by atoms with E-state index in [9.17, 15) is 4.79 Å². The molecule has 6 heteroatoms. The number of guanidine groups is 1.